The molecule has 0 N–H and O–H groups in total. The topological polar surface area (TPSA) is 44.8 Å². The van der Waals surface area contributed by atoms with Crippen molar-refractivity contribution in [3.8, 4) is 17.2 Å². The third-order valence-corrected chi connectivity index (χ3v) is 3.18. The van der Waals surface area contributed by atoms with Gasteiger partial charge in [0.2, 0.25) is 0 Å². The zero-order valence-electron chi connectivity index (χ0n) is 13.0. The molecule has 22 heavy (non-hydrogen) atoms. The molecular weight excluding hydrogens is 280 g/mol. The number of esters is 1. The predicted molar refractivity (Wildman–Crippen MR) is 84.7 cm³/mol. The molecule has 0 aliphatic rings. The molecule has 0 spiro atoms. The van der Waals surface area contributed by atoms with Crippen molar-refractivity contribution in [2.24, 2.45) is 0 Å². The van der Waals surface area contributed by atoms with Crippen LogP contribution in [0.1, 0.15) is 25.3 Å². The molecule has 0 atom stereocenters. The van der Waals surface area contributed by atoms with Crippen LogP contribution in [0.5, 0.6) is 17.2 Å². The summed E-state index contributed by atoms with van der Waals surface area (Å²) in [7, 11) is 1.58. The Morgan fingerprint density at radius 1 is 1.00 bits per heavy atom. The summed E-state index contributed by atoms with van der Waals surface area (Å²) in [5, 5.41) is 0. The molecule has 0 aliphatic carbocycles. The van der Waals surface area contributed by atoms with Crippen LogP contribution in [-0.2, 0) is 4.79 Å². The van der Waals surface area contributed by atoms with Crippen molar-refractivity contribution < 1.29 is 19.0 Å². The zero-order chi connectivity index (χ0) is 15.9. The number of carbonyl (C=O) groups is 1. The van der Waals surface area contributed by atoms with Gasteiger partial charge < -0.3 is 14.2 Å². The van der Waals surface area contributed by atoms with Crippen LogP contribution in [0.3, 0.4) is 0 Å². The third kappa shape index (κ3) is 4.25. The lowest BCUT2D eigenvalue weighted by Crippen LogP contribution is -2.18. The molecule has 2 aromatic carbocycles. The molecule has 0 heterocycles. The van der Waals surface area contributed by atoms with Gasteiger partial charge in [0.1, 0.15) is 17.2 Å². The Kier molecular flexibility index (Phi) is 5.42. The van der Waals surface area contributed by atoms with Crippen LogP contribution in [0.4, 0.5) is 0 Å². The molecule has 4 heteroatoms. The summed E-state index contributed by atoms with van der Waals surface area (Å²) >= 11 is 0. The van der Waals surface area contributed by atoms with Gasteiger partial charge in [0, 0.05) is 0 Å². The van der Waals surface area contributed by atoms with Gasteiger partial charge in [-0.3, -0.25) is 0 Å². The van der Waals surface area contributed by atoms with Crippen molar-refractivity contribution in [2.45, 2.75) is 19.8 Å². The number of ether oxygens (including phenoxy) is 3. The van der Waals surface area contributed by atoms with Crippen molar-refractivity contribution in [2.75, 3.05) is 13.7 Å². The SMILES string of the molecule is COc1ccc(OC(=O)COc2ccccc2C(C)C)cc1. The van der Waals surface area contributed by atoms with Crippen LogP contribution in [0, 0.1) is 0 Å². The minimum Gasteiger partial charge on any atom is -0.497 e. The number of methoxy groups -OCH3 is 1. The Hall–Kier alpha value is -2.49. The van der Waals surface area contributed by atoms with E-state index in [0.717, 1.165) is 5.56 Å². The smallest absolute Gasteiger partial charge is 0.349 e. The first-order valence-corrected chi connectivity index (χ1v) is 7.16. The fraction of sp³-hybridized carbons (Fsp3) is 0.278. The summed E-state index contributed by atoms with van der Waals surface area (Å²) < 4.78 is 15.8. The molecule has 2 aromatic rings. The number of carbonyl (C=O) groups excluding carboxylic acids is 1. The van der Waals surface area contributed by atoms with Crippen molar-refractivity contribution in [1.82, 2.24) is 0 Å². The fourth-order valence-corrected chi connectivity index (χ4v) is 2.03. The molecular formula is C18H20O4. The third-order valence-electron chi connectivity index (χ3n) is 3.18. The Morgan fingerprint density at radius 2 is 1.64 bits per heavy atom. The standard InChI is InChI=1S/C18H20O4/c1-13(2)16-6-4-5-7-17(16)21-12-18(19)22-15-10-8-14(20-3)9-11-15/h4-11,13H,12H2,1-3H3. The highest BCUT2D eigenvalue weighted by Crippen LogP contribution is 2.25. The van der Waals surface area contributed by atoms with Crippen LogP contribution in [0.2, 0.25) is 0 Å². The van der Waals surface area contributed by atoms with Crippen LogP contribution in [0.25, 0.3) is 0 Å². The molecule has 0 aliphatic heterocycles. The second-order valence-corrected chi connectivity index (χ2v) is 5.13. The second kappa shape index (κ2) is 7.50. The van der Waals surface area contributed by atoms with E-state index in [-0.39, 0.29) is 6.61 Å². The quantitative estimate of drug-likeness (QED) is 0.601. The molecule has 116 valence electrons. The molecule has 0 amide bonds. The lowest BCUT2D eigenvalue weighted by Gasteiger charge is -2.13. The first kappa shape index (κ1) is 15.9. The monoisotopic (exact) mass is 300 g/mol. The zero-order valence-corrected chi connectivity index (χ0v) is 13.0. The number of para-hydroxylation sites is 1. The summed E-state index contributed by atoms with van der Waals surface area (Å²) in [4.78, 5) is 11.8. The Morgan fingerprint density at radius 3 is 2.27 bits per heavy atom. The van der Waals surface area contributed by atoms with Gasteiger partial charge in [-0.15, -0.1) is 0 Å². The highest BCUT2D eigenvalue weighted by atomic mass is 16.6. The number of benzene rings is 2. The second-order valence-electron chi connectivity index (χ2n) is 5.13. The summed E-state index contributed by atoms with van der Waals surface area (Å²) in [5.74, 6) is 1.77. The van der Waals surface area contributed by atoms with E-state index in [0.29, 0.717) is 23.2 Å². The van der Waals surface area contributed by atoms with Crippen LogP contribution >= 0.6 is 0 Å². The number of hydrogen-bond acceptors (Lipinski definition) is 4. The maximum atomic E-state index is 11.8. The molecule has 0 saturated carbocycles. The van der Waals surface area contributed by atoms with E-state index in [9.17, 15) is 4.79 Å². The van der Waals surface area contributed by atoms with E-state index in [1.807, 2.05) is 24.3 Å². The highest BCUT2D eigenvalue weighted by molar-refractivity contribution is 5.74. The largest absolute Gasteiger partial charge is 0.497 e. The molecule has 0 unspecified atom stereocenters. The molecule has 0 bridgehead atoms. The molecule has 4 nitrogen and oxygen atoms in total. The van der Waals surface area contributed by atoms with Crippen LogP contribution in [0.15, 0.2) is 48.5 Å². The molecule has 0 fully saturated rings. The van der Waals surface area contributed by atoms with Gasteiger partial charge in [-0.1, -0.05) is 32.0 Å². The van der Waals surface area contributed by atoms with E-state index in [1.54, 1.807) is 31.4 Å². The Labute approximate surface area is 130 Å². The Bertz CT molecular complexity index is 617. The summed E-state index contributed by atoms with van der Waals surface area (Å²) in [6.07, 6.45) is 0. The van der Waals surface area contributed by atoms with Gasteiger partial charge in [-0.2, -0.15) is 0 Å². The molecule has 2 rings (SSSR count). The number of hydrogen-bond donors (Lipinski definition) is 0. The van der Waals surface area contributed by atoms with Gasteiger partial charge in [-0.05, 0) is 41.8 Å². The van der Waals surface area contributed by atoms with Crippen molar-refractivity contribution in [1.29, 1.82) is 0 Å². The fourth-order valence-electron chi connectivity index (χ4n) is 2.03. The average Bonchev–Trinajstić information content (AvgIpc) is 2.54. The van der Waals surface area contributed by atoms with Gasteiger partial charge in [0.15, 0.2) is 6.61 Å². The summed E-state index contributed by atoms with van der Waals surface area (Å²) in [5.41, 5.74) is 1.07. The van der Waals surface area contributed by atoms with Crippen LogP contribution < -0.4 is 14.2 Å². The van der Waals surface area contributed by atoms with Gasteiger partial charge in [0.25, 0.3) is 0 Å². The lowest BCUT2D eigenvalue weighted by molar-refractivity contribution is -0.136. The van der Waals surface area contributed by atoms with Gasteiger partial charge in [-0.25, -0.2) is 4.79 Å². The summed E-state index contributed by atoms with van der Waals surface area (Å²) in [6, 6.07) is 14.5. The average molecular weight is 300 g/mol. The molecule has 0 saturated heterocycles. The van der Waals surface area contributed by atoms with E-state index in [4.69, 9.17) is 14.2 Å². The van der Waals surface area contributed by atoms with Crippen molar-refractivity contribution >= 4 is 5.97 Å². The van der Waals surface area contributed by atoms with Crippen molar-refractivity contribution in [3.05, 3.63) is 54.1 Å². The van der Waals surface area contributed by atoms with E-state index in [2.05, 4.69) is 13.8 Å². The number of rotatable bonds is 6. The van der Waals surface area contributed by atoms with Gasteiger partial charge in [0.05, 0.1) is 7.11 Å². The minimum atomic E-state index is -0.441. The van der Waals surface area contributed by atoms with Crippen molar-refractivity contribution in [3.63, 3.8) is 0 Å². The maximum Gasteiger partial charge on any atom is 0.349 e. The Balaban J connectivity index is 1.92. The van der Waals surface area contributed by atoms with Gasteiger partial charge >= 0.3 is 5.97 Å². The highest BCUT2D eigenvalue weighted by Gasteiger charge is 2.10. The maximum absolute atomic E-state index is 11.8. The first-order chi connectivity index (χ1) is 10.6. The van der Waals surface area contributed by atoms with Crippen LogP contribution in [-0.4, -0.2) is 19.7 Å². The first-order valence-electron chi connectivity index (χ1n) is 7.16. The van der Waals surface area contributed by atoms with E-state index < -0.39 is 5.97 Å². The lowest BCUT2D eigenvalue weighted by atomic mass is 10.0. The summed E-state index contributed by atoms with van der Waals surface area (Å²) in [6.45, 7) is 4.03. The minimum absolute atomic E-state index is 0.129. The van der Waals surface area contributed by atoms with E-state index in [1.165, 1.54) is 0 Å². The molecule has 0 aromatic heterocycles. The normalized spacial score (nSPS) is 10.4. The van der Waals surface area contributed by atoms with E-state index >= 15 is 0 Å². The molecule has 0 radical (unpaired) electrons. The predicted octanol–water partition coefficient (Wildman–Crippen LogP) is 3.80.